The van der Waals surface area contributed by atoms with Gasteiger partial charge in [-0.2, -0.15) is 0 Å². The third kappa shape index (κ3) is 4.45. The van der Waals surface area contributed by atoms with Gasteiger partial charge in [-0.3, -0.25) is 4.79 Å². The first-order chi connectivity index (χ1) is 9.71. The van der Waals surface area contributed by atoms with Gasteiger partial charge >= 0.3 is 5.97 Å². The van der Waals surface area contributed by atoms with Crippen molar-refractivity contribution in [1.82, 2.24) is 5.32 Å². The highest BCUT2D eigenvalue weighted by Crippen LogP contribution is 2.38. The lowest BCUT2D eigenvalue weighted by molar-refractivity contribution is -0.153. The number of esters is 1. The van der Waals surface area contributed by atoms with Gasteiger partial charge in [0.1, 0.15) is 5.54 Å². The first-order valence-corrected chi connectivity index (χ1v) is 8.15. The number of nitrogens with one attached hydrogen (secondary N) is 1. The zero-order valence-electron chi connectivity index (χ0n) is 13.4. The molecule has 0 amide bonds. The molecule has 2 unspecified atom stereocenters. The summed E-state index contributed by atoms with van der Waals surface area (Å²) >= 11 is 0. The number of hydrogen-bond donors (Lipinski definition) is 1. The molecule has 1 fully saturated rings. The first-order valence-electron chi connectivity index (χ1n) is 8.15. The second-order valence-corrected chi connectivity index (χ2v) is 5.64. The minimum atomic E-state index is -0.483. The van der Waals surface area contributed by atoms with Gasteiger partial charge in [0.25, 0.3) is 0 Å². The van der Waals surface area contributed by atoms with Crippen LogP contribution in [-0.2, 0) is 14.3 Å². The van der Waals surface area contributed by atoms with Gasteiger partial charge in [0, 0.05) is 13.2 Å². The minimum absolute atomic E-state index is 0.0871. The average Bonchev–Trinajstić information content (AvgIpc) is 2.87. The standard InChI is InChI=1S/C16H31NO3/c1-4-6-7-12-19-13-10-14-9-8-11-16(14,17-3)15(18)20-5-2/h14,17H,4-13H2,1-3H3. The van der Waals surface area contributed by atoms with Gasteiger partial charge in [-0.25, -0.2) is 0 Å². The lowest BCUT2D eigenvalue weighted by atomic mass is 9.85. The van der Waals surface area contributed by atoms with Crippen molar-refractivity contribution in [3.05, 3.63) is 0 Å². The van der Waals surface area contributed by atoms with Crippen LogP contribution < -0.4 is 5.32 Å². The third-order valence-electron chi connectivity index (χ3n) is 4.41. The zero-order chi connectivity index (χ0) is 14.8. The summed E-state index contributed by atoms with van der Waals surface area (Å²) in [5.41, 5.74) is -0.483. The molecule has 118 valence electrons. The molecule has 0 radical (unpaired) electrons. The van der Waals surface area contributed by atoms with Crippen LogP contribution in [0.25, 0.3) is 0 Å². The Kier molecular flexibility index (Phi) is 8.15. The van der Waals surface area contributed by atoms with Crippen LogP contribution in [-0.4, -0.2) is 38.4 Å². The van der Waals surface area contributed by atoms with Gasteiger partial charge in [-0.05, 0) is 45.6 Å². The Balaban J connectivity index is 2.40. The van der Waals surface area contributed by atoms with Crippen LogP contribution in [0, 0.1) is 5.92 Å². The number of carbonyl (C=O) groups is 1. The number of hydrogen-bond acceptors (Lipinski definition) is 4. The Morgan fingerprint density at radius 1 is 1.30 bits per heavy atom. The van der Waals surface area contributed by atoms with Gasteiger partial charge in [-0.15, -0.1) is 0 Å². The second kappa shape index (κ2) is 9.35. The fourth-order valence-corrected chi connectivity index (χ4v) is 3.21. The summed E-state index contributed by atoms with van der Waals surface area (Å²) in [6, 6.07) is 0. The van der Waals surface area contributed by atoms with Gasteiger partial charge in [0.05, 0.1) is 6.61 Å². The molecule has 0 aromatic heterocycles. The van der Waals surface area contributed by atoms with E-state index in [0.717, 1.165) is 45.3 Å². The van der Waals surface area contributed by atoms with Crippen molar-refractivity contribution in [2.45, 2.75) is 64.3 Å². The summed E-state index contributed by atoms with van der Waals surface area (Å²) < 4.78 is 11.0. The fraction of sp³-hybridized carbons (Fsp3) is 0.938. The van der Waals surface area contributed by atoms with E-state index < -0.39 is 5.54 Å². The lowest BCUT2D eigenvalue weighted by Crippen LogP contribution is -2.54. The molecule has 1 aliphatic rings. The van der Waals surface area contributed by atoms with E-state index in [0.29, 0.717) is 12.5 Å². The quantitative estimate of drug-likeness (QED) is 0.495. The molecule has 0 aliphatic heterocycles. The molecular weight excluding hydrogens is 254 g/mol. The smallest absolute Gasteiger partial charge is 0.326 e. The van der Waals surface area contributed by atoms with E-state index in [9.17, 15) is 4.79 Å². The molecule has 2 atom stereocenters. The predicted octanol–water partition coefficient (Wildman–Crippen LogP) is 2.90. The maximum Gasteiger partial charge on any atom is 0.326 e. The molecule has 1 N–H and O–H groups in total. The summed E-state index contributed by atoms with van der Waals surface area (Å²) in [6.07, 6.45) is 7.56. The molecule has 4 heteroatoms. The van der Waals surface area contributed by atoms with Crippen LogP contribution in [0.2, 0.25) is 0 Å². The summed E-state index contributed by atoms with van der Waals surface area (Å²) in [5.74, 6) is 0.244. The van der Waals surface area contributed by atoms with Crippen molar-refractivity contribution in [1.29, 1.82) is 0 Å². The third-order valence-corrected chi connectivity index (χ3v) is 4.41. The average molecular weight is 285 g/mol. The molecule has 0 spiro atoms. The zero-order valence-corrected chi connectivity index (χ0v) is 13.4. The highest BCUT2D eigenvalue weighted by Gasteiger charge is 2.48. The Hall–Kier alpha value is -0.610. The summed E-state index contributed by atoms with van der Waals surface area (Å²) in [7, 11) is 1.87. The van der Waals surface area contributed by atoms with Crippen molar-refractivity contribution in [3.63, 3.8) is 0 Å². The van der Waals surface area contributed by atoms with Crippen molar-refractivity contribution in [3.8, 4) is 0 Å². The summed E-state index contributed by atoms with van der Waals surface area (Å²) in [4.78, 5) is 12.3. The highest BCUT2D eigenvalue weighted by atomic mass is 16.5. The molecule has 0 aromatic rings. The number of unbranched alkanes of at least 4 members (excludes halogenated alkanes) is 2. The molecule has 1 rings (SSSR count). The van der Waals surface area contributed by atoms with E-state index >= 15 is 0 Å². The molecular formula is C16H31NO3. The number of likely N-dealkylation sites (N-methyl/N-ethyl adjacent to an activating group) is 1. The van der Waals surface area contributed by atoms with Gasteiger partial charge < -0.3 is 14.8 Å². The molecule has 0 aromatic carbocycles. The normalized spacial score (nSPS) is 25.9. The maximum atomic E-state index is 12.3. The monoisotopic (exact) mass is 285 g/mol. The number of ether oxygens (including phenoxy) is 2. The van der Waals surface area contributed by atoms with E-state index in [1.54, 1.807) is 0 Å². The summed E-state index contributed by atoms with van der Waals surface area (Å²) in [6.45, 7) is 6.09. The van der Waals surface area contributed by atoms with Crippen molar-refractivity contribution in [2.24, 2.45) is 5.92 Å². The Morgan fingerprint density at radius 3 is 2.75 bits per heavy atom. The van der Waals surface area contributed by atoms with Crippen molar-refractivity contribution < 1.29 is 14.3 Å². The molecule has 0 heterocycles. The summed E-state index contributed by atoms with van der Waals surface area (Å²) in [5, 5.41) is 3.24. The van der Waals surface area contributed by atoms with Crippen LogP contribution in [0.3, 0.4) is 0 Å². The van der Waals surface area contributed by atoms with Crippen LogP contribution in [0.15, 0.2) is 0 Å². The SMILES string of the molecule is CCCCCOCCC1CCCC1(NC)C(=O)OCC. The van der Waals surface area contributed by atoms with E-state index in [-0.39, 0.29) is 5.97 Å². The highest BCUT2D eigenvalue weighted by molar-refractivity contribution is 5.81. The molecule has 4 nitrogen and oxygen atoms in total. The lowest BCUT2D eigenvalue weighted by Gasteiger charge is -2.32. The minimum Gasteiger partial charge on any atom is -0.465 e. The number of carbonyl (C=O) groups excluding carboxylic acids is 1. The largest absolute Gasteiger partial charge is 0.465 e. The molecule has 0 bridgehead atoms. The van der Waals surface area contributed by atoms with E-state index in [1.807, 2.05) is 14.0 Å². The van der Waals surface area contributed by atoms with E-state index in [1.165, 1.54) is 12.8 Å². The molecule has 1 saturated carbocycles. The van der Waals surface area contributed by atoms with Gasteiger partial charge in [-0.1, -0.05) is 26.2 Å². The molecule has 20 heavy (non-hydrogen) atoms. The Labute approximate surface area is 123 Å². The number of rotatable bonds is 10. The van der Waals surface area contributed by atoms with Crippen molar-refractivity contribution >= 4 is 5.97 Å². The van der Waals surface area contributed by atoms with Gasteiger partial charge in [0.15, 0.2) is 0 Å². The first kappa shape index (κ1) is 17.4. The van der Waals surface area contributed by atoms with E-state index in [2.05, 4.69) is 12.2 Å². The topological polar surface area (TPSA) is 47.6 Å². The Morgan fingerprint density at radius 2 is 2.10 bits per heavy atom. The fourth-order valence-electron chi connectivity index (χ4n) is 3.21. The van der Waals surface area contributed by atoms with Crippen LogP contribution >= 0.6 is 0 Å². The maximum absolute atomic E-state index is 12.3. The van der Waals surface area contributed by atoms with Gasteiger partial charge in [0.2, 0.25) is 0 Å². The Bertz CT molecular complexity index is 283. The van der Waals surface area contributed by atoms with E-state index in [4.69, 9.17) is 9.47 Å². The van der Waals surface area contributed by atoms with Crippen LogP contribution in [0.5, 0.6) is 0 Å². The molecule has 0 saturated heterocycles. The van der Waals surface area contributed by atoms with Crippen LogP contribution in [0.4, 0.5) is 0 Å². The van der Waals surface area contributed by atoms with Crippen LogP contribution in [0.1, 0.15) is 58.8 Å². The molecule has 1 aliphatic carbocycles. The van der Waals surface area contributed by atoms with Crippen molar-refractivity contribution in [2.75, 3.05) is 26.9 Å². The predicted molar refractivity (Wildman–Crippen MR) is 80.7 cm³/mol. The second-order valence-electron chi connectivity index (χ2n) is 5.64.